The van der Waals surface area contributed by atoms with Crippen molar-refractivity contribution in [2.24, 2.45) is 5.92 Å². The van der Waals surface area contributed by atoms with Gasteiger partial charge in [-0.3, -0.25) is 0 Å². The van der Waals surface area contributed by atoms with Crippen LogP contribution in [0.2, 0.25) is 0 Å². The van der Waals surface area contributed by atoms with Gasteiger partial charge in [0.15, 0.2) is 0 Å². The fraction of sp³-hybridized carbons (Fsp3) is 0.615. The number of rotatable bonds is 6. The van der Waals surface area contributed by atoms with E-state index in [4.69, 9.17) is 14.3 Å². The third kappa shape index (κ3) is 3.09. The van der Waals surface area contributed by atoms with Crippen LogP contribution in [0.3, 0.4) is 0 Å². The molecule has 2 rings (SSSR count). The van der Waals surface area contributed by atoms with Crippen LogP contribution >= 0.6 is 0 Å². The van der Waals surface area contributed by atoms with E-state index in [9.17, 15) is 4.79 Å². The van der Waals surface area contributed by atoms with Crippen molar-refractivity contribution in [1.29, 1.82) is 0 Å². The largest absolute Gasteiger partial charge is 0.475 e. The van der Waals surface area contributed by atoms with Crippen molar-refractivity contribution in [1.82, 2.24) is 0 Å². The Morgan fingerprint density at radius 1 is 1.59 bits per heavy atom. The van der Waals surface area contributed by atoms with Crippen LogP contribution in [0.25, 0.3) is 0 Å². The number of hydrogen-bond donors (Lipinski definition) is 1. The highest BCUT2D eigenvalue weighted by Crippen LogP contribution is 2.29. The predicted molar refractivity (Wildman–Crippen MR) is 62.0 cm³/mol. The van der Waals surface area contributed by atoms with E-state index in [0.29, 0.717) is 12.4 Å². The molecule has 94 valence electrons. The van der Waals surface area contributed by atoms with Crippen LogP contribution in [0.4, 0.5) is 0 Å². The topological polar surface area (TPSA) is 59.7 Å². The molecule has 0 amide bonds. The lowest BCUT2D eigenvalue weighted by Gasteiger charge is -2.24. The van der Waals surface area contributed by atoms with Gasteiger partial charge in [0.25, 0.3) is 0 Å². The van der Waals surface area contributed by atoms with Gasteiger partial charge in [-0.1, -0.05) is 19.3 Å². The Morgan fingerprint density at radius 2 is 2.35 bits per heavy atom. The van der Waals surface area contributed by atoms with Gasteiger partial charge < -0.3 is 14.3 Å². The first-order chi connectivity index (χ1) is 8.16. The minimum Gasteiger partial charge on any atom is -0.475 e. The molecular formula is C13H18O4. The van der Waals surface area contributed by atoms with Crippen LogP contribution in [0, 0.1) is 12.8 Å². The molecule has 0 saturated heterocycles. The van der Waals surface area contributed by atoms with Gasteiger partial charge in [0.05, 0.1) is 6.61 Å². The molecule has 1 saturated carbocycles. The predicted octanol–water partition coefficient (Wildman–Crippen LogP) is 2.99. The van der Waals surface area contributed by atoms with Gasteiger partial charge in [-0.15, -0.1) is 0 Å². The third-order valence-corrected chi connectivity index (χ3v) is 3.38. The monoisotopic (exact) mass is 238 g/mol. The zero-order valence-electron chi connectivity index (χ0n) is 10.1. The molecule has 0 aromatic carbocycles. The number of hydrogen-bond acceptors (Lipinski definition) is 3. The lowest BCUT2D eigenvalue weighted by Crippen LogP contribution is -2.13. The molecule has 1 aromatic heterocycles. The maximum Gasteiger partial charge on any atom is 0.371 e. The van der Waals surface area contributed by atoms with Crippen molar-refractivity contribution in [3.05, 3.63) is 23.2 Å². The van der Waals surface area contributed by atoms with Gasteiger partial charge in [-0.25, -0.2) is 4.79 Å². The molecule has 4 nitrogen and oxygen atoms in total. The highest BCUT2D eigenvalue weighted by Gasteiger charge is 2.17. The number of carbonyl (C=O) groups is 1. The molecule has 0 aliphatic heterocycles. The summed E-state index contributed by atoms with van der Waals surface area (Å²) in [6.45, 7) is 2.95. The van der Waals surface area contributed by atoms with Crippen LogP contribution in [0.1, 0.15) is 47.6 Å². The molecule has 0 radical (unpaired) electrons. The number of carboxylic acids is 1. The molecule has 1 aliphatic carbocycles. The first-order valence-corrected chi connectivity index (χ1v) is 6.07. The van der Waals surface area contributed by atoms with E-state index in [1.165, 1.54) is 19.3 Å². The normalized spacial score (nSPS) is 15.8. The fourth-order valence-corrected chi connectivity index (χ4v) is 1.98. The molecule has 0 bridgehead atoms. The van der Waals surface area contributed by atoms with Gasteiger partial charge in [0.2, 0.25) is 5.76 Å². The molecule has 1 heterocycles. The second-order valence-electron chi connectivity index (χ2n) is 4.64. The van der Waals surface area contributed by atoms with Crippen molar-refractivity contribution in [3.8, 4) is 0 Å². The van der Waals surface area contributed by atoms with Crippen LogP contribution in [0.15, 0.2) is 10.5 Å². The first-order valence-electron chi connectivity index (χ1n) is 6.07. The summed E-state index contributed by atoms with van der Waals surface area (Å²) in [5.74, 6) is 0.426. The molecule has 1 N–H and O–H groups in total. The zero-order valence-corrected chi connectivity index (χ0v) is 10.1. The van der Waals surface area contributed by atoms with Crippen LogP contribution < -0.4 is 0 Å². The van der Waals surface area contributed by atoms with E-state index in [1.807, 2.05) is 0 Å². The molecule has 1 fully saturated rings. The molecule has 4 heteroatoms. The molecular weight excluding hydrogens is 220 g/mol. The lowest BCUT2D eigenvalue weighted by atomic mass is 9.83. The summed E-state index contributed by atoms with van der Waals surface area (Å²) in [4.78, 5) is 10.7. The standard InChI is InChI=1S/C13H18O4/c1-9-11(7-12(17-9)13(14)15)8-16-6-5-10-3-2-4-10/h7,10H,2-6,8H2,1H3,(H,14,15). The first kappa shape index (κ1) is 12.2. The van der Waals surface area contributed by atoms with E-state index in [0.717, 1.165) is 24.5 Å². The quantitative estimate of drug-likeness (QED) is 0.774. The molecule has 1 aliphatic rings. The summed E-state index contributed by atoms with van der Waals surface area (Å²) in [7, 11) is 0. The van der Waals surface area contributed by atoms with E-state index >= 15 is 0 Å². The summed E-state index contributed by atoms with van der Waals surface area (Å²) in [6, 6.07) is 1.54. The maximum absolute atomic E-state index is 10.7. The van der Waals surface area contributed by atoms with Gasteiger partial charge in [0.1, 0.15) is 5.76 Å². The van der Waals surface area contributed by atoms with Crippen molar-refractivity contribution < 1.29 is 19.1 Å². The number of furan rings is 1. The fourth-order valence-electron chi connectivity index (χ4n) is 1.98. The van der Waals surface area contributed by atoms with Crippen molar-refractivity contribution in [3.63, 3.8) is 0 Å². The Kier molecular flexibility index (Phi) is 3.84. The zero-order chi connectivity index (χ0) is 12.3. The molecule has 0 spiro atoms. The average molecular weight is 238 g/mol. The van der Waals surface area contributed by atoms with E-state index in [-0.39, 0.29) is 5.76 Å². The average Bonchev–Trinajstić information content (AvgIpc) is 2.57. The van der Waals surface area contributed by atoms with Crippen molar-refractivity contribution in [2.75, 3.05) is 6.61 Å². The Labute approximate surface area is 101 Å². The molecule has 1 aromatic rings. The number of aryl methyl sites for hydroxylation is 1. The Hall–Kier alpha value is -1.29. The second-order valence-corrected chi connectivity index (χ2v) is 4.64. The van der Waals surface area contributed by atoms with E-state index < -0.39 is 5.97 Å². The maximum atomic E-state index is 10.7. The second kappa shape index (κ2) is 5.36. The Balaban J connectivity index is 1.75. The van der Waals surface area contributed by atoms with Crippen LogP contribution in [0.5, 0.6) is 0 Å². The van der Waals surface area contributed by atoms with E-state index in [2.05, 4.69) is 0 Å². The van der Waals surface area contributed by atoms with Crippen molar-refractivity contribution >= 4 is 5.97 Å². The summed E-state index contributed by atoms with van der Waals surface area (Å²) >= 11 is 0. The van der Waals surface area contributed by atoms with Crippen molar-refractivity contribution in [2.45, 2.75) is 39.2 Å². The minimum absolute atomic E-state index is 0.0138. The lowest BCUT2D eigenvalue weighted by molar-refractivity contribution is 0.0661. The third-order valence-electron chi connectivity index (χ3n) is 3.38. The SMILES string of the molecule is Cc1oc(C(=O)O)cc1COCCC1CCC1. The Morgan fingerprint density at radius 3 is 2.88 bits per heavy atom. The molecule has 17 heavy (non-hydrogen) atoms. The summed E-state index contributed by atoms with van der Waals surface area (Å²) < 4.78 is 10.7. The number of carboxylic acid groups (broad SMARTS) is 1. The summed E-state index contributed by atoms with van der Waals surface area (Å²) in [5.41, 5.74) is 0.830. The van der Waals surface area contributed by atoms with Crippen LogP contribution in [-0.2, 0) is 11.3 Å². The minimum atomic E-state index is -1.03. The molecule has 0 atom stereocenters. The summed E-state index contributed by atoms with van der Waals surface area (Å²) in [5, 5.41) is 8.77. The van der Waals surface area contributed by atoms with Gasteiger partial charge >= 0.3 is 5.97 Å². The van der Waals surface area contributed by atoms with E-state index in [1.54, 1.807) is 13.0 Å². The number of ether oxygens (including phenoxy) is 1. The van der Waals surface area contributed by atoms with Gasteiger partial charge in [-0.05, 0) is 25.3 Å². The Bertz CT molecular complexity index is 390. The van der Waals surface area contributed by atoms with Crippen LogP contribution in [-0.4, -0.2) is 17.7 Å². The highest BCUT2D eigenvalue weighted by molar-refractivity contribution is 5.84. The summed E-state index contributed by atoms with van der Waals surface area (Å²) in [6.07, 6.45) is 5.13. The highest BCUT2D eigenvalue weighted by atomic mass is 16.5. The smallest absolute Gasteiger partial charge is 0.371 e. The number of aromatic carboxylic acids is 1. The van der Waals surface area contributed by atoms with Gasteiger partial charge in [-0.2, -0.15) is 0 Å². The van der Waals surface area contributed by atoms with Gasteiger partial charge in [0, 0.05) is 12.2 Å². The molecule has 0 unspecified atom stereocenters.